The molecule has 0 radical (unpaired) electrons. The van der Waals surface area contributed by atoms with Crippen molar-refractivity contribution in [2.24, 2.45) is 11.8 Å². The molecule has 0 saturated carbocycles. The average Bonchev–Trinajstić information content (AvgIpc) is 3.16. The first-order valence-electron chi connectivity index (χ1n) is 10.2. The number of ether oxygens (including phenoxy) is 1. The van der Waals surface area contributed by atoms with Gasteiger partial charge in [-0.05, 0) is 17.0 Å². The van der Waals surface area contributed by atoms with Gasteiger partial charge in [0.1, 0.15) is 6.61 Å². The molecule has 3 aromatic carbocycles. The molecule has 3 atom stereocenters. The Hall–Kier alpha value is -3.46. The van der Waals surface area contributed by atoms with E-state index in [9.17, 15) is 9.59 Å². The molecule has 0 heterocycles. The Labute approximate surface area is 177 Å². The van der Waals surface area contributed by atoms with Crippen molar-refractivity contribution in [1.29, 1.82) is 0 Å². The molecule has 0 aromatic heterocycles. The van der Waals surface area contributed by atoms with Gasteiger partial charge in [-0.3, -0.25) is 4.79 Å². The van der Waals surface area contributed by atoms with E-state index in [4.69, 9.17) is 4.74 Å². The van der Waals surface area contributed by atoms with E-state index in [1.807, 2.05) is 104 Å². The van der Waals surface area contributed by atoms with Crippen LogP contribution in [0.4, 0.5) is 0 Å². The summed E-state index contributed by atoms with van der Waals surface area (Å²) in [7, 11) is 0. The standard InChI is InChI=1S/C27H24O3/c1-19-17-23(27(29)30-18-20-11-5-2-6-12-20)25(21-13-7-3-8-14-21)24(19)26(28)22-15-9-4-10-16-22/h2-17,19,24-25H,18H2,1H3/t19-,24+,25+/m0/s1. The molecule has 3 aromatic rings. The lowest BCUT2D eigenvalue weighted by molar-refractivity contribution is -0.140. The van der Waals surface area contributed by atoms with E-state index < -0.39 is 0 Å². The quantitative estimate of drug-likeness (QED) is 0.403. The van der Waals surface area contributed by atoms with Gasteiger partial charge >= 0.3 is 5.97 Å². The Balaban J connectivity index is 1.63. The third kappa shape index (κ3) is 4.11. The van der Waals surface area contributed by atoms with Crippen LogP contribution in [0.2, 0.25) is 0 Å². The van der Waals surface area contributed by atoms with Crippen molar-refractivity contribution in [2.45, 2.75) is 19.4 Å². The summed E-state index contributed by atoms with van der Waals surface area (Å²) in [6, 6.07) is 28.7. The highest BCUT2D eigenvalue weighted by atomic mass is 16.5. The number of carbonyl (C=O) groups excluding carboxylic acids is 2. The number of hydrogen-bond acceptors (Lipinski definition) is 3. The second kappa shape index (κ2) is 8.91. The second-order valence-corrected chi connectivity index (χ2v) is 7.69. The highest BCUT2D eigenvalue weighted by molar-refractivity contribution is 6.02. The summed E-state index contributed by atoms with van der Waals surface area (Å²) in [6.45, 7) is 2.21. The fourth-order valence-electron chi connectivity index (χ4n) is 4.22. The fraction of sp³-hybridized carbons (Fsp3) is 0.185. The van der Waals surface area contributed by atoms with Crippen molar-refractivity contribution >= 4 is 11.8 Å². The monoisotopic (exact) mass is 396 g/mol. The third-order valence-electron chi connectivity index (χ3n) is 5.67. The summed E-state index contributed by atoms with van der Waals surface area (Å²) in [5.74, 6) is -1.03. The number of hydrogen-bond donors (Lipinski definition) is 0. The van der Waals surface area contributed by atoms with E-state index in [1.54, 1.807) is 0 Å². The Morgan fingerprint density at radius 2 is 1.37 bits per heavy atom. The van der Waals surface area contributed by atoms with E-state index in [-0.39, 0.29) is 36.1 Å². The van der Waals surface area contributed by atoms with E-state index in [2.05, 4.69) is 0 Å². The molecule has 3 nitrogen and oxygen atoms in total. The van der Waals surface area contributed by atoms with Gasteiger partial charge in [0.25, 0.3) is 0 Å². The Morgan fingerprint density at radius 3 is 2.00 bits per heavy atom. The Kier molecular flexibility index (Phi) is 5.89. The van der Waals surface area contributed by atoms with Crippen molar-refractivity contribution < 1.29 is 14.3 Å². The minimum Gasteiger partial charge on any atom is -0.457 e. The van der Waals surface area contributed by atoms with Crippen LogP contribution in [0.1, 0.15) is 34.3 Å². The molecule has 3 heteroatoms. The fourth-order valence-corrected chi connectivity index (χ4v) is 4.22. The summed E-state index contributed by atoms with van der Waals surface area (Å²) in [6.07, 6.45) is 1.91. The lowest BCUT2D eigenvalue weighted by Crippen LogP contribution is -2.26. The zero-order valence-corrected chi connectivity index (χ0v) is 16.9. The first kappa shape index (κ1) is 19.8. The molecule has 0 aliphatic heterocycles. The highest BCUT2D eigenvalue weighted by Gasteiger charge is 2.43. The predicted octanol–water partition coefficient (Wildman–Crippen LogP) is 5.59. The van der Waals surface area contributed by atoms with Crippen LogP contribution in [0.15, 0.2) is 103 Å². The van der Waals surface area contributed by atoms with Crippen molar-refractivity contribution in [3.05, 3.63) is 119 Å². The van der Waals surface area contributed by atoms with Gasteiger partial charge in [0, 0.05) is 23.0 Å². The number of allylic oxidation sites excluding steroid dienone is 1. The summed E-state index contributed by atoms with van der Waals surface area (Å²) < 4.78 is 5.63. The van der Waals surface area contributed by atoms with Crippen LogP contribution in [0.25, 0.3) is 0 Å². The van der Waals surface area contributed by atoms with Gasteiger partial charge in [0.05, 0.1) is 0 Å². The van der Waals surface area contributed by atoms with Gasteiger partial charge in [-0.25, -0.2) is 4.79 Å². The van der Waals surface area contributed by atoms with Gasteiger partial charge in [-0.2, -0.15) is 0 Å². The van der Waals surface area contributed by atoms with Crippen LogP contribution < -0.4 is 0 Å². The minimum absolute atomic E-state index is 0.0547. The molecule has 0 fully saturated rings. The molecule has 0 saturated heterocycles. The molecule has 1 aliphatic rings. The Bertz CT molecular complexity index is 1040. The van der Waals surface area contributed by atoms with Crippen LogP contribution >= 0.6 is 0 Å². The maximum Gasteiger partial charge on any atom is 0.334 e. The molecule has 1 aliphatic carbocycles. The highest BCUT2D eigenvalue weighted by Crippen LogP contribution is 2.45. The van der Waals surface area contributed by atoms with E-state index in [0.29, 0.717) is 11.1 Å². The van der Waals surface area contributed by atoms with Crippen molar-refractivity contribution in [3.63, 3.8) is 0 Å². The lowest BCUT2D eigenvalue weighted by Gasteiger charge is -2.24. The molecule has 0 amide bonds. The van der Waals surface area contributed by atoms with E-state index in [0.717, 1.165) is 11.1 Å². The number of carbonyl (C=O) groups is 2. The maximum atomic E-state index is 13.4. The molecular weight excluding hydrogens is 372 g/mol. The first-order chi connectivity index (χ1) is 14.6. The molecule has 0 spiro atoms. The zero-order valence-electron chi connectivity index (χ0n) is 16.9. The van der Waals surface area contributed by atoms with Gasteiger partial charge < -0.3 is 4.74 Å². The summed E-state index contributed by atoms with van der Waals surface area (Å²) >= 11 is 0. The van der Waals surface area contributed by atoms with Gasteiger partial charge in [0.2, 0.25) is 0 Å². The maximum absolute atomic E-state index is 13.4. The number of ketones is 1. The number of benzene rings is 3. The van der Waals surface area contributed by atoms with Crippen molar-refractivity contribution in [2.75, 3.05) is 0 Å². The van der Waals surface area contributed by atoms with Crippen LogP contribution in [-0.4, -0.2) is 11.8 Å². The van der Waals surface area contributed by atoms with Crippen molar-refractivity contribution in [3.8, 4) is 0 Å². The van der Waals surface area contributed by atoms with Crippen LogP contribution in [0.3, 0.4) is 0 Å². The number of esters is 1. The number of rotatable bonds is 6. The first-order valence-corrected chi connectivity index (χ1v) is 10.2. The molecular formula is C27H24O3. The molecule has 0 N–H and O–H groups in total. The minimum atomic E-state index is -0.358. The summed E-state index contributed by atoms with van der Waals surface area (Å²) in [4.78, 5) is 26.5. The molecule has 30 heavy (non-hydrogen) atoms. The van der Waals surface area contributed by atoms with Crippen LogP contribution in [-0.2, 0) is 16.1 Å². The normalized spacial score (nSPS) is 20.4. The van der Waals surface area contributed by atoms with Crippen molar-refractivity contribution in [1.82, 2.24) is 0 Å². The summed E-state index contributed by atoms with van der Waals surface area (Å²) in [5.41, 5.74) is 3.13. The lowest BCUT2D eigenvalue weighted by atomic mass is 9.77. The molecule has 0 unspecified atom stereocenters. The van der Waals surface area contributed by atoms with Gasteiger partial charge in [0.15, 0.2) is 5.78 Å². The summed E-state index contributed by atoms with van der Waals surface area (Å²) in [5, 5.41) is 0. The average molecular weight is 396 g/mol. The predicted molar refractivity (Wildman–Crippen MR) is 117 cm³/mol. The zero-order chi connectivity index (χ0) is 20.9. The van der Waals surface area contributed by atoms with Gasteiger partial charge in [-0.15, -0.1) is 0 Å². The third-order valence-corrected chi connectivity index (χ3v) is 5.67. The molecule has 4 rings (SSSR count). The number of Topliss-reactive ketones (excluding diaryl/α,β-unsaturated/α-hetero) is 1. The Morgan fingerprint density at radius 1 is 0.800 bits per heavy atom. The second-order valence-electron chi connectivity index (χ2n) is 7.69. The molecule has 0 bridgehead atoms. The van der Waals surface area contributed by atoms with E-state index >= 15 is 0 Å². The largest absolute Gasteiger partial charge is 0.457 e. The SMILES string of the molecule is C[C@H]1C=C(C(=O)OCc2ccccc2)[C@@H](c2ccccc2)[C@@H]1C(=O)c1ccccc1. The smallest absolute Gasteiger partial charge is 0.334 e. The molecule has 150 valence electrons. The van der Waals surface area contributed by atoms with Crippen LogP contribution in [0.5, 0.6) is 0 Å². The topological polar surface area (TPSA) is 43.4 Å². The van der Waals surface area contributed by atoms with Gasteiger partial charge in [-0.1, -0.05) is 104 Å². The van der Waals surface area contributed by atoms with E-state index in [1.165, 1.54) is 0 Å². The van der Waals surface area contributed by atoms with Crippen LogP contribution in [0, 0.1) is 11.8 Å².